The first-order valence-electron chi connectivity index (χ1n) is 11.5. The zero-order chi connectivity index (χ0) is 25.2. The van der Waals surface area contributed by atoms with Gasteiger partial charge in [-0.25, -0.2) is 9.18 Å². The van der Waals surface area contributed by atoms with Crippen molar-refractivity contribution in [2.24, 2.45) is 5.92 Å². The second kappa shape index (κ2) is 9.80. The van der Waals surface area contributed by atoms with Crippen LogP contribution in [0.4, 0.5) is 4.39 Å². The Labute approximate surface area is 212 Å². The van der Waals surface area contributed by atoms with E-state index in [0.717, 1.165) is 42.0 Å². The van der Waals surface area contributed by atoms with Gasteiger partial charge in [0, 0.05) is 16.7 Å². The van der Waals surface area contributed by atoms with Gasteiger partial charge in [-0.05, 0) is 76.9 Å². The van der Waals surface area contributed by atoms with E-state index in [4.69, 9.17) is 16.7 Å². The molecule has 1 saturated carbocycles. The molecule has 4 aromatic rings. The zero-order valence-electron chi connectivity index (χ0n) is 19.1. The van der Waals surface area contributed by atoms with Crippen LogP contribution in [0.3, 0.4) is 0 Å². The number of carboxylic acids is 1. The van der Waals surface area contributed by atoms with Crippen molar-refractivity contribution in [3.8, 4) is 6.07 Å². The number of allylic oxidation sites excluding steroid dienone is 1. The number of fused-ring (bicyclic) bond motifs is 1. The fourth-order valence-electron chi connectivity index (χ4n) is 4.66. The number of halogens is 2. The normalized spacial score (nSPS) is 14.5. The van der Waals surface area contributed by atoms with E-state index in [-0.39, 0.29) is 5.92 Å². The number of nitrogens with one attached hydrogen (secondary N) is 1. The van der Waals surface area contributed by atoms with E-state index in [1.807, 2.05) is 18.2 Å². The number of nitrogens with zero attached hydrogens (tertiary/aromatic N) is 2. The summed E-state index contributed by atoms with van der Waals surface area (Å²) in [5, 5.41) is 26.5. The molecule has 3 aromatic carbocycles. The molecule has 1 fully saturated rings. The van der Waals surface area contributed by atoms with Gasteiger partial charge >= 0.3 is 5.97 Å². The van der Waals surface area contributed by atoms with Gasteiger partial charge in [0.2, 0.25) is 0 Å². The van der Waals surface area contributed by atoms with E-state index in [1.165, 1.54) is 12.3 Å². The first kappa shape index (κ1) is 23.5. The highest BCUT2D eigenvalue weighted by atomic mass is 35.5. The van der Waals surface area contributed by atoms with Gasteiger partial charge in [0.1, 0.15) is 5.82 Å². The number of carbonyl (C=O) groups is 1. The zero-order valence-corrected chi connectivity index (χ0v) is 19.9. The SMILES string of the molecule is N#Cc1cc(Cl)ccc1/C(=C(\c1ccc(/C=C/C(=O)O)cc1)c1ccc2[nH]ncc2c1F)C1CCC1. The van der Waals surface area contributed by atoms with Crippen LogP contribution in [0.1, 0.15) is 47.1 Å². The number of aromatic amines is 1. The minimum atomic E-state index is -1.03. The van der Waals surface area contributed by atoms with Crippen LogP contribution in [0.5, 0.6) is 0 Å². The number of H-pyrrole nitrogens is 1. The van der Waals surface area contributed by atoms with Crippen molar-refractivity contribution in [1.29, 1.82) is 5.26 Å². The third-order valence-electron chi connectivity index (χ3n) is 6.62. The van der Waals surface area contributed by atoms with Gasteiger partial charge in [0.25, 0.3) is 0 Å². The van der Waals surface area contributed by atoms with Crippen LogP contribution in [0.2, 0.25) is 5.02 Å². The summed E-state index contributed by atoms with van der Waals surface area (Å²) in [5.41, 5.74) is 5.28. The molecule has 1 heterocycles. The number of nitriles is 1. The molecule has 178 valence electrons. The maximum atomic E-state index is 16.0. The summed E-state index contributed by atoms with van der Waals surface area (Å²) in [4.78, 5) is 10.9. The van der Waals surface area contributed by atoms with Crippen molar-refractivity contribution in [2.45, 2.75) is 19.3 Å². The van der Waals surface area contributed by atoms with Gasteiger partial charge in [-0.3, -0.25) is 5.10 Å². The predicted octanol–water partition coefficient (Wildman–Crippen LogP) is 7.08. The molecule has 0 aliphatic heterocycles. The highest BCUT2D eigenvalue weighted by molar-refractivity contribution is 6.30. The monoisotopic (exact) mass is 497 g/mol. The molecule has 0 amide bonds. The Morgan fingerprint density at radius 3 is 2.56 bits per heavy atom. The highest BCUT2D eigenvalue weighted by Crippen LogP contribution is 2.47. The van der Waals surface area contributed by atoms with E-state index in [2.05, 4.69) is 16.3 Å². The van der Waals surface area contributed by atoms with Crippen molar-refractivity contribution in [3.05, 3.63) is 106 Å². The summed E-state index contributed by atoms with van der Waals surface area (Å²) >= 11 is 6.20. The fourth-order valence-corrected chi connectivity index (χ4v) is 4.83. The average Bonchev–Trinajstić information content (AvgIpc) is 3.33. The molecule has 0 unspecified atom stereocenters. The Morgan fingerprint density at radius 1 is 1.14 bits per heavy atom. The first-order chi connectivity index (χ1) is 17.5. The third-order valence-corrected chi connectivity index (χ3v) is 6.86. The molecule has 36 heavy (non-hydrogen) atoms. The lowest BCUT2D eigenvalue weighted by Crippen LogP contribution is -2.16. The van der Waals surface area contributed by atoms with Crippen molar-refractivity contribution >= 4 is 45.7 Å². The summed E-state index contributed by atoms with van der Waals surface area (Å²) in [6, 6.07) is 18.4. The molecule has 0 atom stereocenters. The van der Waals surface area contributed by atoms with E-state index in [1.54, 1.807) is 36.4 Å². The lowest BCUT2D eigenvalue weighted by molar-refractivity contribution is -0.131. The number of aromatic nitrogens is 2. The first-order valence-corrected chi connectivity index (χ1v) is 11.9. The Hall–Kier alpha value is -4.21. The van der Waals surface area contributed by atoms with E-state index in [0.29, 0.717) is 38.2 Å². The Balaban J connectivity index is 1.81. The van der Waals surface area contributed by atoms with Crippen molar-refractivity contribution in [3.63, 3.8) is 0 Å². The van der Waals surface area contributed by atoms with Crippen LogP contribution in [0.15, 0.2) is 66.9 Å². The molecule has 1 aliphatic rings. The number of benzene rings is 3. The molecule has 1 aliphatic carbocycles. The minimum absolute atomic E-state index is 0.152. The lowest BCUT2D eigenvalue weighted by Gasteiger charge is -2.32. The predicted molar refractivity (Wildman–Crippen MR) is 139 cm³/mol. The number of hydrogen-bond donors (Lipinski definition) is 2. The second-order valence-corrected chi connectivity index (χ2v) is 9.21. The van der Waals surface area contributed by atoms with E-state index >= 15 is 4.39 Å². The third kappa shape index (κ3) is 4.41. The van der Waals surface area contributed by atoms with Crippen molar-refractivity contribution in [2.75, 3.05) is 0 Å². The van der Waals surface area contributed by atoms with Gasteiger partial charge in [-0.1, -0.05) is 48.4 Å². The summed E-state index contributed by atoms with van der Waals surface area (Å²) in [5.74, 6) is -1.27. The lowest BCUT2D eigenvalue weighted by atomic mass is 9.72. The average molecular weight is 498 g/mol. The van der Waals surface area contributed by atoms with Gasteiger partial charge in [0.05, 0.1) is 28.7 Å². The summed E-state index contributed by atoms with van der Waals surface area (Å²) in [7, 11) is 0. The largest absolute Gasteiger partial charge is 0.478 e. The van der Waals surface area contributed by atoms with Gasteiger partial charge in [-0.2, -0.15) is 10.4 Å². The Morgan fingerprint density at radius 2 is 1.89 bits per heavy atom. The molecule has 5 rings (SSSR count). The van der Waals surface area contributed by atoms with Gasteiger partial charge in [0.15, 0.2) is 0 Å². The summed E-state index contributed by atoms with van der Waals surface area (Å²) in [6.45, 7) is 0. The fraction of sp³-hybridized carbons (Fsp3) is 0.138. The van der Waals surface area contributed by atoms with Crippen LogP contribution in [0, 0.1) is 23.1 Å². The minimum Gasteiger partial charge on any atom is -0.478 e. The standard InChI is InChI=1S/C29H21ClFN3O2/c30-21-9-10-22(20(14-21)15-32)27(18-2-1-3-18)28(19-7-4-17(5-8-19)6-13-26(35)36)23-11-12-25-24(29(23)31)16-33-34-25/h4-14,16,18H,1-3H2,(H,33,34)(H,35,36)/b13-6+,28-27+. The molecular formula is C29H21ClFN3O2. The number of rotatable bonds is 6. The molecule has 0 bridgehead atoms. The van der Waals surface area contributed by atoms with Crippen LogP contribution < -0.4 is 0 Å². The number of aliphatic carboxylic acids is 1. The van der Waals surface area contributed by atoms with Crippen molar-refractivity contribution in [1.82, 2.24) is 10.2 Å². The van der Waals surface area contributed by atoms with Gasteiger partial charge in [-0.15, -0.1) is 0 Å². The second-order valence-electron chi connectivity index (χ2n) is 8.77. The van der Waals surface area contributed by atoms with Gasteiger partial charge < -0.3 is 5.11 Å². The van der Waals surface area contributed by atoms with Crippen LogP contribution in [-0.2, 0) is 4.79 Å². The topological polar surface area (TPSA) is 89.8 Å². The van der Waals surface area contributed by atoms with Crippen LogP contribution in [-0.4, -0.2) is 21.3 Å². The summed E-state index contributed by atoms with van der Waals surface area (Å²) < 4.78 is 16.0. The molecule has 1 aromatic heterocycles. The molecule has 7 heteroatoms. The molecule has 2 N–H and O–H groups in total. The number of hydrogen-bond acceptors (Lipinski definition) is 3. The number of carboxylic acid groups (broad SMARTS) is 1. The Kier molecular flexibility index (Phi) is 6.41. The molecule has 5 nitrogen and oxygen atoms in total. The Bertz CT molecular complexity index is 1570. The van der Waals surface area contributed by atoms with Crippen LogP contribution in [0.25, 0.3) is 28.1 Å². The maximum absolute atomic E-state index is 16.0. The van der Waals surface area contributed by atoms with Crippen molar-refractivity contribution < 1.29 is 14.3 Å². The molecule has 0 saturated heterocycles. The maximum Gasteiger partial charge on any atom is 0.328 e. The highest BCUT2D eigenvalue weighted by Gasteiger charge is 2.30. The molecule has 0 radical (unpaired) electrons. The van der Waals surface area contributed by atoms with Crippen LogP contribution >= 0.6 is 11.6 Å². The quantitative estimate of drug-likeness (QED) is 0.220. The molecular weight excluding hydrogens is 477 g/mol. The van der Waals surface area contributed by atoms with E-state index < -0.39 is 11.8 Å². The van der Waals surface area contributed by atoms with E-state index in [9.17, 15) is 10.1 Å². The molecule has 0 spiro atoms. The smallest absolute Gasteiger partial charge is 0.328 e. The summed E-state index contributed by atoms with van der Waals surface area (Å²) in [6.07, 6.45) is 6.97.